The van der Waals surface area contributed by atoms with Crippen molar-refractivity contribution in [2.24, 2.45) is 5.92 Å². The summed E-state index contributed by atoms with van der Waals surface area (Å²) in [7, 11) is 0. The number of rotatable bonds is 5. The van der Waals surface area contributed by atoms with E-state index in [1.54, 1.807) is 0 Å². The number of aryl methyl sites for hydroxylation is 1. The molecule has 0 aromatic carbocycles. The monoisotopic (exact) mass is 335 g/mol. The molecule has 0 radical (unpaired) electrons. The second-order valence-corrected chi connectivity index (χ2v) is 7.00. The Kier molecular flexibility index (Phi) is 5.84. The minimum absolute atomic E-state index is 0.109. The van der Waals surface area contributed by atoms with Crippen molar-refractivity contribution < 1.29 is 9.32 Å². The van der Waals surface area contributed by atoms with Crippen LogP contribution >= 0.6 is 0 Å². The smallest absolute Gasteiger partial charge is 0.243 e. The number of nitrogens with zero attached hydrogens (tertiary/aromatic N) is 4. The fourth-order valence-corrected chi connectivity index (χ4v) is 3.65. The molecule has 2 aliphatic rings. The first kappa shape index (κ1) is 17.4. The predicted molar refractivity (Wildman–Crippen MR) is 90.4 cm³/mol. The van der Waals surface area contributed by atoms with Gasteiger partial charge in [-0.2, -0.15) is 4.98 Å². The van der Waals surface area contributed by atoms with Crippen molar-refractivity contribution in [2.75, 3.05) is 39.3 Å². The zero-order chi connectivity index (χ0) is 16.9. The van der Waals surface area contributed by atoms with Gasteiger partial charge in [-0.05, 0) is 52.1 Å². The van der Waals surface area contributed by atoms with Crippen LogP contribution in [0, 0.1) is 12.8 Å². The highest BCUT2D eigenvalue weighted by Gasteiger charge is 2.27. The molecule has 3 heterocycles. The van der Waals surface area contributed by atoms with Crippen molar-refractivity contribution in [2.45, 2.75) is 45.6 Å². The summed E-state index contributed by atoms with van der Waals surface area (Å²) in [6.07, 6.45) is 4.16. The summed E-state index contributed by atoms with van der Waals surface area (Å²) in [6, 6.07) is 0.109. The molecular formula is C17H29N5O2. The summed E-state index contributed by atoms with van der Waals surface area (Å²) in [6.45, 7) is 9.43. The average Bonchev–Trinajstić information content (AvgIpc) is 3.06. The minimum Gasteiger partial charge on any atom is -0.340 e. The van der Waals surface area contributed by atoms with Crippen molar-refractivity contribution in [3.05, 3.63) is 11.7 Å². The fourth-order valence-electron chi connectivity index (χ4n) is 3.65. The molecule has 1 atom stereocenters. The van der Waals surface area contributed by atoms with Gasteiger partial charge in [0.1, 0.15) is 0 Å². The van der Waals surface area contributed by atoms with Crippen LogP contribution in [0.25, 0.3) is 0 Å². The highest BCUT2D eigenvalue weighted by molar-refractivity contribution is 5.76. The maximum Gasteiger partial charge on any atom is 0.243 e. The number of carbonyl (C=O) groups excluding carboxylic acids is 1. The predicted octanol–water partition coefficient (Wildman–Crippen LogP) is 1.36. The molecular weight excluding hydrogens is 306 g/mol. The van der Waals surface area contributed by atoms with Gasteiger partial charge in [0.05, 0.1) is 6.04 Å². The highest BCUT2D eigenvalue weighted by Crippen LogP contribution is 2.22. The van der Waals surface area contributed by atoms with Gasteiger partial charge in [-0.3, -0.25) is 9.69 Å². The molecule has 7 heteroatoms. The molecule has 0 saturated carbocycles. The third-order valence-corrected chi connectivity index (χ3v) is 5.34. The maximum absolute atomic E-state index is 12.4. The highest BCUT2D eigenvalue weighted by atomic mass is 16.5. The van der Waals surface area contributed by atoms with Gasteiger partial charge in [-0.1, -0.05) is 5.16 Å². The Morgan fingerprint density at radius 3 is 2.62 bits per heavy atom. The van der Waals surface area contributed by atoms with E-state index in [-0.39, 0.29) is 6.04 Å². The Labute approximate surface area is 143 Å². The number of hydrogen-bond donors (Lipinski definition) is 1. The second kappa shape index (κ2) is 8.07. The van der Waals surface area contributed by atoms with Crippen molar-refractivity contribution >= 4 is 5.91 Å². The molecule has 1 aromatic heterocycles. The molecule has 134 valence electrons. The quantitative estimate of drug-likeness (QED) is 0.876. The molecule has 7 nitrogen and oxygen atoms in total. The number of carbonyl (C=O) groups is 1. The largest absolute Gasteiger partial charge is 0.340 e. The first-order chi connectivity index (χ1) is 11.6. The van der Waals surface area contributed by atoms with E-state index in [9.17, 15) is 4.79 Å². The average molecular weight is 335 g/mol. The number of nitrogens with one attached hydrogen (secondary N) is 1. The third-order valence-electron chi connectivity index (χ3n) is 5.34. The van der Waals surface area contributed by atoms with Gasteiger partial charge >= 0.3 is 0 Å². The molecule has 3 rings (SSSR count). The fraction of sp³-hybridized carbons (Fsp3) is 0.824. The van der Waals surface area contributed by atoms with E-state index < -0.39 is 0 Å². The lowest BCUT2D eigenvalue weighted by Gasteiger charge is -2.37. The number of piperidine rings is 1. The van der Waals surface area contributed by atoms with Crippen LogP contribution < -0.4 is 5.32 Å². The zero-order valence-corrected chi connectivity index (χ0v) is 14.8. The lowest BCUT2D eigenvalue weighted by atomic mass is 9.93. The lowest BCUT2D eigenvalue weighted by molar-refractivity contribution is -0.133. The number of aromatic nitrogens is 2. The molecule has 2 saturated heterocycles. The van der Waals surface area contributed by atoms with Crippen LogP contribution in [0.5, 0.6) is 0 Å². The van der Waals surface area contributed by atoms with Gasteiger partial charge in [-0.15, -0.1) is 0 Å². The molecule has 1 amide bonds. The van der Waals surface area contributed by atoms with Crippen LogP contribution in [0.1, 0.15) is 50.4 Å². The minimum atomic E-state index is 0.109. The van der Waals surface area contributed by atoms with E-state index in [4.69, 9.17) is 4.52 Å². The maximum atomic E-state index is 12.4. The van der Waals surface area contributed by atoms with Gasteiger partial charge in [0.15, 0.2) is 5.82 Å². The van der Waals surface area contributed by atoms with Crippen LogP contribution in [-0.4, -0.2) is 65.1 Å². The van der Waals surface area contributed by atoms with Crippen LogP contribution in [0.4, 0.5) is 0 Å². The molecule has 2 fully saturated rings. The molecule has 0 spiro atoms. The number of amides is 1. The molecule has 2 aliphatic heterocycles. The molecule has 1 N–H and O–H groups in total. The van der Waals surface area contributed by atoms with Gasteiger partial charge < -0.3 is 14.7 Å². The molecule has 1 aromatic rings. The van der Waals surface area contributed by atoms with Crippen LogP contribution in [0.2, 0.25) is 0 Å². The summed E-state index contributed by atoms with van der Waals surface area (Å²) in [5, 5.41) is 7.24. The summed E-state index contributed by atoms with van der Waals surface area (Å²) in [5.41, 5.74) is 0. The normalized spacial score (nSPS) is 21.8. The van der Waals surface area contributed by atoms with Crippen LogP contribution in [-0.2, 0) is 4.79 Å². The molecule has 1 unspecified atom stereocenters. The van der Waals surface area contributed by atoms with Gasteiger partial charge in [0.2, 0.25) is 11.8 Å². The van der Waals surface area contributed by atoms with Crippen molar-refractivity contribution in [1.82, 2.24) is 25.3 Å². The summed E-state index contributed by atoms with van der Waals surface area (Å²) >= 11 is 0. The molecule has 0 bridgehead atoms. The Balaban J connectivity index is 1.41. The third kappa shape index (κ3) is 4.33. The SMILES string of the molecule is Cc1noc(C(C)N2CCN(C(=O)CCC3CCNCC3)CC2)n1. The number of piperazine rings is 1. The summed E-state index contributed by atoms with van der Waals surface area (Å²) < 4.78 is 5.27. The second-order valence-electron chi connectivity index (χ2n) is 7.00. The topological polar surface area (TPSA) is 74.5 Å². The number of hydrogen-bond acceptors (Lipinski definition) is 6. The Hall–Kier alpha value is -1.47. The van der Waals surface area contributed by atoms with Gasteiger partial charge in [-0.25, -0.2) is 0 Å². The first-order valence-electron chi connectivity index (χ1n) is 9.16. The molecule has 24 heavy (non-hydrogen) atoms. The first-order valence-corrected chi connectivity index (χ1v) is 9.16. The zero-order valence-electron chi connectivity index (χ0n) is 14.8. The van der Waals surface area contributed by atoms with E-state index in [0.717, 1.165) is 51.6 Å². The van der Waals surface area contributed by atoms with Crippen molar-refractivity contribution in [3.8, 4) is 0 Å². The van der Waals surface area contributed by atoms with E-state index in [1.807, 2.05) is 11.8 Å². The summed E-state index contributed by atoms with van der Waals surface area (Å²) in [4.78, 5) is 21.1. The van der Waals surface area contributed by atoms with Crippen LogP contribution in [0.3, 0.4) is 0 Å². The van der Waals surface area contributed by atoms with Crippen LogP contribution in [0.15, 0.2) is 4.52 Å². The van der Waals surface area contributed by atoms with E-state index in [2.05, 4.69) is 27.3 Å². The van der Waals surface area contributed by atoms with E-state index in [1.165, 1.54) is 12.8 Å². The summed E-state index contributed by atoms with van der Waals surface area (Å²) in [5.74, 6) is 2.37. The van der Waals surface area contributed by atoms with Crippen molar-refractivity contribution in [3.63, 3.8) is 0 Å². The van der Waals surface area contributed by atoms with Gasteiger partial charge in [0.25, 0.3) is 0 Å². The van der Waals surface area contributed by atoms with E-state index >= 15 is 0 Å². The van der Waals surface area contributed by atoms with E-state index in [0.29, 0.717) is 24.0 Å². The Morgan fingerprint density at radius 2 is 2.00 bits per heavy atom. The standard InChI is InChI=1S/C17H29N5O2/c1-13(17-19-14(2)20-24-17)21-9-11-22(12-10-21)16(23)4-3-15-5-7-18-8-6-15/h13,15,18H,3-12H2,1-2H3. The van der Waals surface area contributed by atoms with Crippen molar-refractivity contribution in [1.29, 1.82) is 0 Å². The van der Waals surface area contributed by atoms with Gasteiger partial charge in [0, 0.05) is 32.6 Å². The Morgan fingerprint density at radius 1 is 1.29 bits per heavy atom. The lowest BCUT2D eigenvalue weighted by Crippen LogP contribution is -2.49. The molecule has 0 aliphatic carbocycles. The Bertz CT molecular complexity index is 533.